The number of amides is 2. The molecule has 3 rings (SSSR count). The number of carbonyl (C=O) groups excluding carboxylic acids is 2. The van der Waals surface area contributed by atoms with Crippen LogP contribution in [0.25, 0.3) is 0 Å². The van der Waals surface area contributed by atoms with E-state index in [1.54, 1.807) is 44.3 Å². The van der Waals surface area contributed by atoms with Gasteiger partial charge in [0.05, 0.1) is 11.9 Å². The van der Waals surface area contributed by atoms with Crippen LogP contribution in [-0.4, -0.2) is 29.0 Å². The van der Waals surface area contributed by atoms with Crippen molar-refractivity contribution in [1.29, 1.82) is 0 Å². The summed E-state index contributed by atoms with van der Waals surface area (Å²) in [5.74, 6) is -0.778. The number of allylic oxidation sites excluding steroid dienone is 1. The molecule has 0 spiro atoms. The van der Waals surface area contributed by atoms with Crippen molar-refractivity contribution >= 4 is 23.3 Å². The number of aromatic hydroxyl groups is 1. The van der Waals surface area contributed by atoms with Gasteiger partial charge in [0.25, 0.3) is 11.7 Å². The van der Waals surface area contributed by atoms with E-state index in [2.05, 4.69) is 4.98 Å². The second-order valence-corrected chi connectivity index (χ2v) is 5.61. The average molecular weight is 325 g/mol. The van der Waals surface area contributed by atoms with Crippen LogP contribution in [0.1, 0.15) is 6.92 Å². The lowest BCUT2D eigenvalue weighted by Gasteiger charge is -2.36. The maximum absolute atomic E-state index is 12.9. The Morgan fingerprint density at radius 1 is 1.21 bits per heavy atom. The summed E-state index contributed by atoms with van der Waals surface area (Å²) in [5.41, 5.74) is 6.44. The second kappa shape index (κ2) is 5.47. The molecule has 1 aliphatic heterocycles. The first-order valence-corrected chi connectivity index (χ1v) is 7.30. The van der Waals surface area contributed by atoms with Crippen LogP contribution >= 0.6 is 0 Å². The summed E-state index contributed by atoms with van der Waals surface area (Å²) < 4.78 is -0.151. The fourth-order valence-electron chi connectivity index (χ4n) is 2.92. The van der Waals surface area contributed by atoms with Crippen molar-refractivity contribution in [3.8, 4) is 5.75 Å². The average Bonchev–Trinajstić information content (AvgIpc) is 2.76. The number of hydrogen-bond acceptors (Lipinski definition) is 4. The first-order chi connectivity index (χ1) is 11.4. The number of hydrogen-bond donors (Lipinski definition) is 2. The van der Waals surface area contributed by atoms with E-state index >= 15 is 0 Å². The molecule has 1 atom stereocenters. The van der Waals surface area contributed by atoms with E-state index in [0.29, 0.717) is 17.2 Å². The minimum atomic E-state index is -0.779. The summed E-state index contributed by atoms with van der Waals surface area (Å²) in [6.45, 7) is 1.68. The van der Waals surface area contributed by atoms with Crippen LogP contribution in [0.2, 0.25) is 0 Å². The zero-order chi connectivity index (χ0) is 17.5. The Labute approximate surface area is 138 Å². The molecule has 2 heterocycles. The lowest BCUT2D eigenvalue weighted by molar-refractivity contribution is -0.120. The number of benzene rings is 1. The Bertz CT molecular complexity index is 846. The van der Waals surface area contributed by atoms with E-state index in [4.69, 9.17) is 5.73 Å². The van der Waals surface area contributed by atoms with Gasteiger partial charge in [0.2, 0.25) is 0 Å². The monoisotopic (exact) mass is 325 g/mol. The predicted molar refractivity (Wildman–Crippen MR) is 89.4 cm³/mol. The van der Waals surface area contributed by atoms with E-state index in [9.17, 15) is 14.7 Å². The molecule has 0 saturated heterocycles. The lowest BCUT2D eigenvalue weighted by atomic mass is 10.2. The van der Waals surface area contributed by atoms with Crippen molar-refractivity contribution < 1.29 is 14.7 Å². The zero-order valence-corrected chi connectivity index (χ0v) is 13.3. The fourth-order valence-corrected chi connectivity index (χ4v) is 2.92. The van der Waals surface area contributed by atoms with E-state index < -0.39 is 11.8 Å². The Kier molecular flexibility index (Phi) is 3.57. The summed E-state index contributed by atoms with van der Waals surface area (Å²) in [5, 5.41) is 10.9. The smallest absolute Gasteiger partial charge is 0.316 e. The number of aromatic nitrogens is 1. The first-order valence-electron chi connectivity index (χ1n) is 7.30. The Morgan fingerprint density at radius 3 is 2.42 bits per heavy atom. The molecule has 2 aromatic rings. The summed E-state index contributed by atoms with van der Waals surface area (Å²) >= 11 is 0. The van der Waals surface area contributed by atoms with Crippen molar-refractivity contribution in [2.24, 2.45) is 5.73 Å². The number of primary amides is 1. The molecule has 1 aromatic heterocycles. The van der Waals surface area contributed by atoms with E-state index in [1.165, 1.54) is 17.3 Å². The normalized spacial score (nSPS) is 20.6. The molecule has 0 fully saturated rings. The quantitative estimate of drug-likeness (QED) is 0.659. The second-order valence-electron chi connectivity index (χ2n) is 5.61. The number of quaternary nitrogens is 1. The SMILES string of the molecule is CC1=C(C(N)=O)C(=O)N(c2ccccc2)[N+]1(C)c1ccc(O)cn1. The third-order valence-corrected chi connectivity index (χ3v) is 4.25. The highest BCUT2D eigenvalue weighted by Crippen LogP contribution is 2.39. The molecule has 7 nitrogen and oxygen atoms in total. The molecule has 1 aromatic carbocycles. The number of nitrogens with zero attached hydrogens (tertiary/aromatic N) is 3. The number of rotatable bonds is 3. The molecular weight excluding hydrogens is 308 g/mol. The van der Waals surface area contributed by atoms with Gasteiger partial charge >= 0.3 is 5.91 Å². The van der Waals surface area contributed by atoms with Gasteiger partial charge in [-0.3, -0.25) is 9.59 Å². The first kappa shape index (κ1) is 15.7. The molecule has 0 radical (unpaired) electrons. The zero-order valence-electron chi connectivity index (χ0n) is 13.3. The van der Waals surface area contributed by atoms with Crippen LogP contribution in [0, 0.1) is 0 Å². The summed E-state index contributed by atoms with van der Waals surface area (Å²) in [6, 6.07) is 12.1. The van der Waals surface area contributed by atoms with Crippen LogP contribution in [0.5, 0.6) is 5.75 Å². The summed E-state index contributed by atoms with van der Waals surface area (Å²) in [4.78, 5) is 28.9. The van der Waals surface area contributed by atoms with Crippen molar-refractivity contribution in [2.45, 2.75) is 6.92 Å². The van der Waals surface area contributed by atoms with Gasteiger partial charge in [-0.1, -0.05) is 18.2 Å². The molecule has 24 heavy (non-hydrogen) atoms. The van der Waals surface area contributed by atoms with Gasteiger partial charge in [-0.2, -0.15) is 4.98 Å². The molecule has 1 unspecified atom stereocenters. The molecule has 0 bridgehead atoms. The largest absolute Gasteiger partial charge is 0.506 e. The van der Waals surface area contributed by atoms with Crippen LogP contribution in [0.15, 0.2) is 59.9 Å². The standard InChI is InChI=1S/C17H16N4O3/c1-11-15(16(18)23)17(24)20(12-6-4-3-5-7-12)21(11,2)14-9-8-13(22)10-19-14/h3-10H,1-2H3,(H2-,18,22,23)/p+1. The number of pyridine rings is 1. The highest BCUT2D eigenvalue weighted by Gasteiger charge is 2.53. The molecule has 2 amide bonds. The molecular formula is C17H17N4O3+. The van der Waals surface area contributed by atoms with Gasteiger partial charge in [0.1, 0.15) is 12.8 Å². The maximum atomic E-state index is 12.9. The van der Waals surface area contributed by atoms with Crippen molar-refractivity contribution in [3.05, 3.63) is 59.9 Å². The predicted octanol–water partition coefficient (Wildman–Crippen LogP) is 1.45. The number of anilines is 1. The van der Waals surface area contributed by atoms with Crippen molar-refractivity contribution in [1.82, 2.24) is 9.58 Å². The Balaban J connectivity index is 2.26. The van der Waals surface area contributed by atoms with E-state index in [1.807, 2.05) is 6.07 Å². The molecule has 1 aliphatic rings. The van der Waals surface area contributed by atoms with Crippen molar-refractivity contribution in [3.63, 3.8) is 0 Å². The van der Waals surface area contributed by atoms with Crippen LogP contribution in [0.4, 0.5) is 11.5 Å². The van der Waals surface area contributed by atoms with Gasteiger partial charge in [0.15, 0.2) is 11.3 Å². The third-order valence-electron chi connectivity index (χ3n) is 4.25. The van der Waals surface area contributed by atoms with Crippen LogP contribution in [-0.2, 0) is 9.59 Å². The van der Waals surface area contributed by atoms with Gasteiger partial charge in [0, 0.05) is 13.0 Å². The van der Waals surface area contributed by atoms with Crippen molar-refractivity contribution in [2.75, 3.05) is 12.1 Å². The molecule has 0 aliphatic carbocycles. The maximum Gasteiger partial charge on any atom is 0.316 e. The van der Waals surface area contributed by atoms with E-state index in [0.717, 1.165) is 0 Å². The number of nitrogens with two attached hydrogens (primary N) is 1. The molecule has 3 N–H and O–H groups in total. The van der Waals surface area contributed by atoms with Gasteiger partial charge in [-0.05, 0) is 18.2 Å². The lowest BCUT2D eigenvalue weighted by Crippen LogP contribution is -2.56. The highest BCUT2D eigenvalue weighted by atomic mass is 16.3. The molecule has 122 valence electrons. The van der Waals surface area contributed by atoms with Gasteiger partial charge in [-0.15, -0.1) is 9.60 Å². The Hall–Kier alpha value is -3.19. The topological polar surface area (TPSA) is 96.5 Å². The minimum Gasteiger partial charge on any atom is -0.506 e. The van der Waals surface area contributed by atoms with Gasteiger partial charge < -0.3 is 10.8 Å². The third kappa shape index (κ3) is 2.14. The molecule has 7 heteroatoms. The summed E-state index contributed by atoms with van der Waals surface area (Å²) in [6.07, 6.45) is 1.29. The number of carbonyl (C=O) groups is 2. The van der Waals surface area contributed by atoms with Crippen LogP contribution < -0.4 is 15.3 Å². The minimum absolute atomic E-state index is 0.0129. The summed E-state index contributed by atoms with van der Waals surface area (Å²) in [7, 11) is 1.75. The van der Waals surface area contributed by atoms with Gasteiger partial charge in [-0.25, -0.2) is 0 Å². The number of para-hydroxylation sites is 1. The van der Waals surface area contributed by atoms with Crippen LogP contribution in [0.3, 0.4) is 0 Å². The fraction of sp³-hybridized carbons (Fsp3) is 0.118. The highest BCUT2D eigenvalue weighted by molar-refractivity contribution is 6.26. The van der Waals surface area contributed by atoms with E-state index in [-0.39, 0.29) is 15.9 Å². The Morgan fingerprint density at radius 2 is 1.88 bits per heavy atom. The molecule has 0 saturated carbocycles.